The van der Waals surface area contributed by atoms with Crippen molar-refractivity contribution in [3.05, 3.63) is 53.6 Å². The largest absolute Gasteiger partial charge is 0.379 e. The molecule has 146 valence electrons. The van der Waals surface area contributed by atoms with Gasteiger partial charge in [0.15, 0.2) is 0 Å². The molecule has 0 atom stereocenters. The van der Waals surface area contributed by atoms with Gasteiger partial charge in [-0.3, -0.25) is 4.72 Å². The molecule has 0 amide bonds. The molecule has 1 saturated heterocycles. The third-order valence-electron chi connectivity index (χ3n) is 4.36. The van der Waals surface area contributed by atoms with Crippen molar-refractivity contribution in [2.75, 3.05) is 31.0 Å². The van der Waals surface area contributed by atoms with Gasteiger partial charge >= 0.3 is 0 Å². The number of aryl methyl sites for hydroxylation is 2. The Bertz CT molecular complexity index is 1030. The number of morpholine rings is 1. The zero-order chi connectivity index (χ0) is 19.7. The summed E-state index contributed by atoms with van der Waals surface area (Å²) in [4.78, 5) is 0.208. The Morgan fingerprint density at radius 2 is 1.56 bits per heavy atom. The Kier molecular flexibility index (Phi) is 5.57. The van der Waals surface area contributed by atoms with E-state index in [1.807, 2.05) is 6.92 Å². The summed E-state index contributed by atoms with van der Waals surface area (Å²) in [6.45, 7) is 4.80. The van der Waals surface area contributed by atoms with Crippen molar-refractivity contribution < 1.29 is 21.6 Å². The van der Waals surface area contributed by atoms with Crippen molar-refractivity contribution in [1.29, 1.82) is 0 Å². The SMILES string of the molecule is Cc1ccc(S(=O)(=O)Nc2ccc(C)c(S(=O)(=O)N3CCOCC3)c2)cc1. The number of rotatable bonds is 5. The van der Waals surface area contributed by atoms with E-state index in [1.165, 1.54) is 22.5 Å². The topological polar surface area (TPSA) is 92.8 Å². The number of nitrogens with one attached hydrogen (secondary N) is 1. The number of benzene rings is 2. The predicted octanol–water partition coefficient (Wildman–Crippen LogP) is 2.13. The van der Waals surface area contributed by atoms with Gasteiger partial charge in [-0.25, -0.2) is 16.8 Å². The zero-order valence-corrected chi connectivity index (χ0v) is 16.8. The molecule has 1 aliphatic heterocycles. The molecule has 1 heterocycles. The van der Waals surface area contributed by atoms with E-state index in [1.54, 1.807) is 31.2 Å². The molecule has 1 fully saturated rings. The first-order valence-corrected chi connectivity index (χ1v) is 11.4. The van der Waals surface area contributed by atoms with E-state index in [0.717, 1.165) is 5.56 Å². The highest BCUT2D eigenvalue weighted by Crippen LogP contribution is 2.26. The summed E-state index contributed by atoms with van der Waals surface area (Å²) in [5.41, 5.74) is 1.70. The monoisotopic (exact) mass is 410 g/mol. The molecule has 27 heavy (non-hydrogen) atoms. The Morgan fingerprint density at radius 3 is 2.19 bits per heavy atom. The molecule has 2 aromatic carbocycles. The lowest BCUT2D eigenvalue weighted by Gasteiger charge is -2.26. The second-order valence-electron chi connectivity index (χ2n) is 6.42. The fraction of sp³-hybridized carbons (Fsp3) is 0.333. The van der Waals surface area contributed by atoms with Crippen molar-refractivity contribution in [2.24, 2.45) is 0 Å². The molecule has 1 aliphatic rings. The van der Waals surface area contributed by atoms with Crippen LogP contribution in [0.2, 0.25) is 0 Å². The van der Waals surface area contributed by atoms with Crippen LogP contribution in [0.3, 0.4) is 0 Å². The Labute approximate surface area is 160 Å². The van der Waals surface area contributed by atoms with E-state index in [0.29, 0.717) is 18.8 Å². The molecule has 0 aromatic heterocycles. The molecule has 0 saturated carbocycles. The van der Waals surface area contributed by atoms with Crippen molar-refractivity contribution in [3.8, 4) is 0 Å². The zero-order valence-electron chi connectivity index (χ0n) is 15.2. The van der Waals surface area contributed by atoms with Gasteiger partial charge in [-0.05, 0) is 43.7 Å². The molecule has 2 aromatic rings. The van der Waals surface area contributed by atoms with Gasteiger partial charge in [0.2, 0.25) is 10.0 Å². The minimum absolute atomic E-state index is 0.0912. The van der Waals surface area contributed by atoms with E-state index < -0.39 is 20.0 Å². The molecule has 0 aliphatic carbocycles. The number of hydrogen-bond acceptors (Lipinski definition) is 5. The highest BCUT2D eigenvalue weighted by molar-refractivity contribution is 7.92. The van der Waals surface area contributed by atoms with E-state index >= 15 is 0 Å². The summed E-state index contributed by atoms with van der Waals surface area (Å²) in [5, 5.41) is 0. The summed E-state index contributed by atoms with van der Waals surface area (Å²) < 4.78 is 60.0. The molecule has 7 nitrogen and oxygen atoms in total. The van der Waals surface area contributed by atoms with Crippen LogP contribution in [0, 0.1) is 13.8 Å². The second-order valence-corrected chi connectivity index (χ2v) is 10.0. The number of sulfonamides is 2. The first-order valence-electron chi connectivity index (χ1n) is 8.48. The molecule has 0 spiro atoms. The molecule has 9 heteroatoms. The van der Waals surface area contributed by atoms with Gasteiger partial charge in [0, 0.05) is 13.1 Å². The average molecular weight is 411 g/mol. The minimum Gasteiger partial charge on any atom is -0.379 e. The van der Waals surface area contributed by atoms with Crippen molar-refractivity contribution in [3.63, 3.8) is 0 Å². The second kappa shape index (κ2) is 7.59. The highest BCUT2D eigenvalue weighted by Gasteiger charge is 2.28. The van der Waals surface area contributed by atoms with Gasteiger partial charge in [0.1, 0.15) is 0 Å². The smallest absolute Gasteiger partial charge is 0.261 e. The molecule has 3 rings (SSSR count). The quantitative estimate of drug-likeness (QED) is 0.815. The van der Waals surface area contributed by atoms with Crippen molar-refractivity contribution in [2.45, 2.75) is 23.6 Å². The standard InChI is InChI=1S/C18H22N2O5S2/c1-14-3-7-17(8-4-14)26(21,22)19-16-6-5-15(2)18(13-16)27(23,24)20-9-11-25-12-10-20/h3-8,13,19H,9-12H2,1-2H3. The van der Waals surface area contributed by atoms with Crippen LogP contribution in [0.15, 0.2) is 52.3 Å². The molecule has 1 N–H and O–H groups in total. The first-order chi connectivity index (χ1) is 12.7. The van der Waals surface area contributed by atoms with Crippen LogP contribution in [0.5, 0.6) is 0 Å². The van der Waals surface area contributed by atoms with E-state index in [-0.39, 0.29) is 28.6 Å². The van der Waals surface area contributed by atoms with Crippen LogP contribution in [0.1, 0.15) is 11.1 Å². The van der Waals surface area contributed by atoms with Gasteiger partial charge in [0.05, 0.1) is 28.7 Å². The maximum atomic E-state index is 12.9. The van der Waals surface area contributed by atoms with Gasteiger partial charge in [-0.15, -0.1) is 0 Å². The lowest BCUT2D eigenvalue weighted by atomic mass is 10.2. The average Bonchev–Trinajstić information content (AvgIpc) is 2.64. The molecular weight excluding hydrogens is 388 g/mol. The third kappa shape index (κ3) is 4.32. The highest BCUT2D eigenvalue weighted by atomic mass is 32.2. The fourth-order valence-electron chi connectivity index (χ4n) is 2.80. The van der Waals surface area contributed by atoms with E-state index in [9.17, 15) is 16.8 Å². The third-order valence-corrected chi connectivity index (χ3v) is 7.80. The summed E-state index contributed by atoms with van der Waals surface area (Å²) in [6.07, 6.45) is 0. The summed E-state index contributed by atoms with van der Waals surface area (Å²) in [6, 6.07) is 11.0. The first kappa shape index (κ1) is 19.8. The van der Waals surface area contributed by atoms with Gasteiger partial charge < -0.3 is 4.74 Å². The van der Waals surface area contributed by atoms with Crippen LogP contribution >= 0.6 is 0 Å². The van der Waals surface area contributed by atoms with Crippen LogP contribution in [-0.2, 0) is 24.8 Å². The number of ether oxygens (including phenoxy) is 1. The van der Waals surface area contributed by atoms with Gasteiger partial charge in [0.25, 0.3) is 10.0 Å². The van der Waals surface area contributed by atoms with E-state index in [2.05, 4.69) is 4.72 Å². The molecule has 0 radical (unpaired) electrons. The maximum absolute atomic E-state index is 12.9. The van der Waals surface area contributed by atoms with Crippen LogP contribution in [-0.4, -0.2) is 47.4 Å². The Morgan fingerprint density at radius 1 is 0.926 bits per heavy atom. The number of nitrogens with zero attached hydrogens (tertiary/aromatic N) is 1. The molecular formula is C18H22N2O5S2. The minimum atomic E-state index is -3.81. The van der Waals surface area contributed by atoms with Crippen LogP contribution < -0.4 is 4.72 Å². The van der Waals surface area contributed by atoms with Crippen molar-refractivity contribution >= 4 is 25.7 Å². The normalized spacial score (nSPS) is 16.2. The van der Waals surface area contributed by atoms with Gasteiger partial charge in [-0.1, -0.05) is 23.8 Å². The van der Waals surface area contributed by atoms with Crippen molar-refractivity contribution in [1.82, 2.24) is 4.31 Å². The predicted molar refractivity (Wildman–Crippen MR) is 103 cm³/mol. The van der Waals surface area contributed by atoms with Crippen LogP contribution in [0.4, 0.5) is 5.69 Å². The molecule has 0 bridgehead atoms. The summed E-state index contributed by atoms with van der Waals surface area (Å²) >= 11 is 0. The summed E-state index contributed by atoms with van der Waals surface area (Å²) in [7, 11) is -7.53. The number of anilines is 1. The van der Waals surface area contributed by atoms with Crippen LogP contribution in [0.25, 0.3) is 0 Å². The maximum Gasteiger partial charge on any atom is 0.261 e. The van der Waals surface area contributed by atoms with Gasteiger partial charge in [-0.2, -0.15) is 4.31 Å². The fourth-order valence-corrected chi connectivity index (χ4v) is 5.51. The summed E-state index contributed by atoms with van der Waals surface area (Å²) in [5.74, 6) is 0. The Balaban J connectivity index is 1.92. The lowest BCUT2D eigenvalue weighted by molar-refractivity contribution is 0.0730. The molecule has 0 unspecified atom stereocenters. The lowest BCUT2D eigenvalue weighted by Crippen LogP contribution is -2.40. The Hall–Kier alpha value is -1.94. The van der Waals surface area contributed by atoms with E-state index in [4.69, 9.17) is 4.74 Å². The number of hydrogen-bond donors (Lipinski definition) is 1.